The molecule has 0 aliphatic rings. The van der Waals surface area contributed by atoms with E-state index in [9.17, 15) is 13.2 Å². The molecule has 0 aromatic carbocycles. The standard InChI is InChI=1S/C9H12F3N3O/c1-15(6-4-9(10,11)12)8-13-5-3-7(14-8)16-2/h3,5H,4,6H2,1-2H3. The number of methoxy groups -OCH3 is 1. The molecule has 0 spiro atoms. The summed E-state index contributed by atoms with van der Waals surface area (Å²) in [5.41, 5.74) is 0. The summed E-state index contributed by atoms with van der Waals surface area (Å²) in [7, 11) is 2.93. The van der Waals surface area contributed by atoms with E-state index in [4.69, 9.17) is 4.74 Å². The van der Waals surface area contributed by atoms with Crippen LogP contribution in [0.1, 0.15) is 6.42 Å². The number of aromatic nitrogens is 2. The number of hydrogen-bond acceptors (Lipinski definition) is 4. The van der Waals surface area contributed by atoms with Crippen molar-refractivity contribution in [2.24, 2.45) is 0 Å². The Balaban J connectivity index is 2.62. The van der Waals surface area contributed by atoms with Crippen LogP contribution < -0.4 is 9.64 Å². The van der Waals surface area contributed by atoms with Crippen molar-refractivity contribution in [2.75, 3.05) is 25.6 Å². The van der Waals surface area contributed by atoms with Crippen LogP contribution in [0.25, 0.3) is 0 Å². The Morgan fingerprint density at radius 3 is 2.69 bits per heavy atom. The van der Waals surface area contributed by atoms with Crippen molar-refractivity contribution < 1.29 is 17.9 Å². The van der Waals surface area contributed by atoms with Crippen molar-refractivity contribution in [3.05, 3.63) is 12.3 Å². The van der Waals surface area contributed by atoms with Gasteiger partial charge in [-0.1, -0.05) is 0 Å². The number of alkyl halides is 3. The Hall–Kier alpha value is -1.53. The first kappa shape index (κ1) is 12.5. The Labute approximate surface area is 91.1 Å². The Kier molecular flexibility index (Phi) is 3.92. The number of ether oxygens (including phenoxy) is 1. The molecule has 0 bridgehead atoms. The summed E-state index contributed by atoms with van der Waals surface area (Å²) in [6, 6.07) is 1.53. The number of hydrogen-bond donors (Lipinski definition) is 0. The predicted molar refractivity (Wildman–Crippen MR) is 52.5 cm³/mol. The Morgan fingerprint density at radius 1 is 1.44 bits per heavy atom. The van der Waals surface area contributed by atoms with Crippen LogP contribution in [0, 0.1) is 0 Å². The van der Waals surface area contributed by atoms with Crippen LogP contribution in [-0.2, 0) is 0 Å². The van der Waals surface area contributed by atoms with E-state index >= 15 is 0 Å². The van der Waals surface area contributed by atoms with Crippen LogP contribution in [0.5, 0.6) is 5.88 Å². The molecule has 1 rings (SSSR count). The normalized spacial score (nSPS) is 11.3. The fourth-order valence-electron chi connectivity index (χ4n) is 1.02. The maximum absolute atomic E-state index is 12.0. The van der Waals surface area contributed by atoms with Crippen LogP contribution in [0.4, 0.5) is 19.1 Å². The van der Waals surface area contributed by atoms with E-state index in [-0.39, 0.29) is 12.5 Å². The summed E-state index contributed by atoms with van der Waals surface area (Å²) in [6.07, 6.45) is -3.64. The van der Waals surface area contributed by atoms with Crippen LogP contribution in [0.15, 0.2) is 12.3 Å². The highest BCUT2D eigenvalue weighted by Crippen LogP contribution is 2.20. The lowest BCUT2D eigenvalue weighted by atomic mass is 10.4. The van der Waals surface area contributed by atoms with Crippen molar-refractivity contribution in [3.63, 3.8) is 0 Å². The third-order valence-corrected chi connectivity index (χ3v) is 1.90. The van der Waals surface area contributed by atoms with Gasteiger partial charge in [0.25, 0.3) is 0 Å². The lowest BCUT2D eigenvalue weighted by molar-refractivity contribution is -0.132. The number of rotatable bonds is 4. The lowest BCUT2D eigenvalue weighted by Crippen LogP contribution is -2.25. The molecule has 0 aliphatic carbocycles. The molecule has 4 nitrogen and oxygen atoms in total. The van der Waals surface area contributed by atoms with Gasteiger partial charge in [0.2, 0.25) is 11.8 Å². The van der Waals surface area contributed by atoms with E-state index in [1.807, 2.05) is 0 Å². The molecule has 0 atom stereocenters. The topological polar surface area (TPSA) is 38.2 Å². The fourth-order valence-corrected chi connectivity index (χ4v) is 1.02. The first-order valence-corrected chi connectivity index (χ1v) is 4.57. The summed E-state index contributed by atoms with van der Waals surface area (Å²) in [5, 5.41) is 0. The van der Waals surface area contributed by atoms with E-state index in [1.54, 1.807) is 0 Å². The maximum Gasteiger partial charge on any atom is 0.390 e. The number of halogens is 3. The molecule has 0 fully saturated rings. The summed E-state index contributed by atoms with van der Waals surface area (Å²) in [5.74, 6) is 0.535. The van der Waals surface area contributed by atoms with Gasteiger partial charge in [0.15, 0.2) is 0 Å². The third-order valence-electron chi connectivity index (χ3n) is 1.90. The van der Waals surface area contributed by atoms with E-state index in [0.717, 1.165) is 0 Å². The van der Waals surface area contributed by atoms with Crippen LogP contribution >= 0.6 is 0 Å². The molecule has 1 aromatic rings. The predicted octanol–water partition coefficient (Wildman–Crippen LogP) is 1.87. The second kappa shape index (κ2) is 5.00. The molecule has 1 heterocycles. The summed E-state index contributed by atoms with van der Waals surface area (Å²) in [6.45, 7) is -0.184. The van der Waals surface area contributed by atoms with E-state index in [0.29, 0.717) is 5.88 Å². The minimum Gasteiger partial charge on any atom is -0.481 e. The molecule has 0 amide bonds. The molecule has 7 heteroatoms. The zero-order valence-electron chi connectivity index (χ0n) is 8.95. The highest BCUT2D eigenvalue weighted by molar-refractivity contribution is 5.30. The minimum atomic E-state index is -4.17. The maximum atomic E-state index is 12.0. The van der Waals surface area contributed by atoms with Gasteiger partial charge in [-0.3, -0.25) is 0 Å². The molecule has 1 aromatic heterocycles. The van der Waals surface area contributed by atoms with Gasteiger partial charge in [0.1, 0.15) is 0 Å². The smallest absolute Gasteiger partial charge is 0.390 e. The fraction of sp³-hybridized carbons (Fsp3) is 0.556. The summed E-state index contributed by atoms with van der Waals surface area (Å²) < 4.78 is 40.8. The van der Waals surface area contributed by atoms with Crippen LogP contribution in [-0.4, -0.2) is 36.8 Å². The average molecular weight is 235 g/mol. The molecular formula is C9H12F3N3O. The average Bonchev–Trinajstić information content (AvgIpc) is 2.25. The summed E-state index contributed by atoms with van der Waals surface area (Å²) >= 11 is 0. The summed E-state index contributed by atoms with van der Waals surface area (Å²) in [4.78, 5) is 9.10. The van der Waals surface area contributed by atoms with E-state index in [2.05, 4.69) is 9.97 Å². The molecule has 0 aliphatic heterocycles. The van der Waals surface area contributed by atoms with Gasteiger partial charge in [-0.25, -0.2) is 4.98 Å². The highest BCUT2D eigenvalue weighted by atomic mass is 19.4. The van der Waals surface area contributed by atoms with Crippen molar-refractivity contribution in [3.8, 4) is 5.88 Å². The zero-order valence-corrected chi connectivity index (χ0v) is 8.95. The highest BCUT2D eigenvalue weighted by Gasteiger charge is 2.27. The van der Waals surface area contributed by atoms with Gasteiger partial charge in [-0.2, -0.15) is 18.2 Å². The van der Waals surface area contributed by atoms with Crippen molar-refractivity contribution >= 4 is 5.95 Å². The SMILES string of the molecule is COc1ccnc(N(C)CCC(F)(F)F)n1. The zero-order chi connectivity index (χ0) is 12.2. The van der Waals surface area contributed by atoms with Gasteiger partial charge in [-0.05, 0) is 0 Å². The van der Waals surface area contributed by atoms with Crippen molar-refractivity contribution in [1.29, 1.82) is 0 Å². The first-order chi connectivity index (χ1) is 7.42. The quantitative estimate of drug-likeness (QED) is 0.798. The molecule has 0 radical (unpaired) electrons. The molecule has 0 N–H and O–H groups in total. The monoisotopic (exact) mass is 235 g/mol. The van der Waals surface area contributed by atoms with E-state index in [1.165, 1.54) is 31.3 Å². The van der Waals surface area contributed by atoms with Gasteiger partial charge in [-0.15, -0.1) is 0 Å². The molecule has 0 saturated heterocycles. The van der Waals surface area contributed by atoms with Crippen molar-refractivity contribution in [2.45, 2.75) is 12.6 Å². The van der Waals surface area contributed by atoms with Crippen LogP contribution in [0.2, 0.25) is 0 Å². The Bertz CT molecular complexity index is 343. The molecule has 16 heavy (non-hydrogen) atoms. The van der Waals surface area contributed by atoms with Gasteiger partial charge < -0.3 is 9.64 Å². The molecule has 0 unspecified atom stereocenters. The van der Waals surface area contributed by atoms with Gasteiger partial charge in [0, 0.05) is 25.9 Å². The number of anilines is 1. The lowest BCUT2D eigenvalue weighted by Gasteiger charge is -2.17. The molecule has 0 saturated carbocycles. The number of nitrogens with zero attached hydrogens (tertiary/aromatic N) is 3. The van der Waals surface area contributed by atoms with Gasteiger partial charge in [0.05, 0.1) is 13.5 Å². The first-order valence-electron chi connectivity index (χ1n) is 4.57. The van der Waals surface area contributed by atoms with Crippen molar-refractivity contribution in [1.82, 2.24) is 9.97 Å². The second-order valence-electron chi connectivity index (χ2n) is 3.19. The molecular weight excluding hydrogens is 223 g/mol. The van der Waals surface area contributed by atoms with E-state index < -0.39 is 12.6 Å². The largest absolute Gasteiger partial charge is 0.481 e. The minimum absolute atomic E-state index is 0.184. The van der Waals surface area contributed by atoms with Gasteiger partial charge >= 0.3 is 6.18 Å². The molecule has 90 valence electrons. The Morgan fingerprint density at radius 2 is 2.12 bits per heavy atom. The third kappa shape index (κ3) is 3.92. The second-order valence-corrected chi connectivity index (χ2v) is 3.19. The van der Waals surface area contributed by atoms with Crippen LogP contribution in [0.3, 0.4) is 0 Å².